The van der Waals surface area contributed by atoms with Crippen LogP contribution in [0.15, 0.2) is 12.4 Å². The highest BCUT2D eigenvalue weighted by molar-refractivity contribution is 5.76. The van der Waals surface area contributed by atoms with E-state index in [0.717, 1.165) is 43.0 Å². The van der Waals surface area contributed by atoms with Crippen LogP contribution in [0.2, 0.25) is 0 Å². The van der Waals surface area contributed by atoms with Gasteiger partial charge >= 0.3 is 0 Å². The van der Waals surface area contributed by atoms with Gasteiger partial charge in [-0.25, -0.2) is 0 Å². The van der Waals surface area contributed by atoms with Crippen LogP contribution in [0.4, 0.5) is 0 Å². The molecule has 2 aromatic heterocycles. The lowest BCUT2D eigenvalue weighted by atomic mass is 10.1. The van der Waals surface area contributed by atoms with Crippen LogP contribution in [0.25, 0.3) is 0 Å². The Morgan fingerprint density at radius 2 is 2.26 bits per heavy atom. The number of carbonyl (C=O) groups excluding carboxylic acids is 1. The molecule has 3 rings (SSSR count). The normalized spacial score (nSPS) is 17.3. The molecule has 0 saturated heterocycles. The molecule has 1 aliphatic heterocycles. The van der Waals surface area contributed by atoms with Gasteiger partial charge in [-0.05, 0) is 18.4 Å². The molecule has 3 heterocycles. The minimum absolute atomic E-state index is 0.0986. The summed E-state index contributed by atoms with van der Waals surface area (Å²) in [5.41, 5.74) is 1.09. The molecule has 0 saturated carbocycles. The van der Waals surface area contributed by atoms with Gasteiger partial charge in [0.2, 0.25) is 5.91 Å². The van der Waals surface area contributed by atoms with Gasteiger partial charge in [-0.15, -0.1) is 10.2 Å². The van der Waals surface area contributed by atoms with E-state index in [-0.39, 0.29) is 11.9 Å². The van der Waals surface area contributed by atoms with E-state index >= 15 is 0 Å². The second kappa shape index (κ2) is 6.52. The number of rotatable bonds is 5. The average Bonchev–Trinajstić information content (AvgIpc) is 3.11. The van der Waals surface area contributed by atoms with Gasteiger partial charge in [-0.3, -0.25) is 9.48 Å². The summed E-state index contributed by atoms with van der Waals surface area (Å²) in [6.45, 7) is 5.01. The topological polar surface area (TPSA) is 77.6 Å². The Kier molecular flexibility index (Phi) is 4.45. The second-order valence-corrected chi connectivity index (χ2v) is 6.57. The summed E-state index contributed by atoms with van der Waals surface area (Å²) in [6.07, 6.45) is 6.77. The van der Waals surface area contributed by atoms with Crippen LogP contribution in [0.3, 0.4) is 0 Å². The van der Waals surface area contributed by atoms with E-state index in [0.29, 0.717) is 12.3 Å². The quantitative estimate of drug-likeness (QED) is 0.899. The van der Waals surface area contributed by atoms with Crippen molar-refractivity contribution in [2.75, 3.05) is 0 Å². The van der Waals surface area contributed by atoms with Crippen LogP contribution >= 0.6 is 0 Å². The first-order valence-corrected chi connectivity index (χ1v) is 8.21. The zero-order valence-corrected chi connectivity index (χ0v) is 14.0. The van der Waals surface area contributed by atoms with Crippen molar-refractivity contribution in [3.8, 4) is 0 Å². The molecular formula is C16H24N6O. The highest BCUT2D eigenvalue weighted by atomic mass is 16.1. The molecule has 7 heteroatoms. The maximum atomic E-state index is 12.2. The molecular weight excluding hydrogens is 292 g/mol. The van der Waals surface area contributed by atoms with Crippen LogP contribution in [-0.2, 0) is 31.2 Å². The number of nitrogens with zero attached hydrogens (tertiary/aromatic N) is 5. The van der Waals surface area contributed by atoms with E-state index < -0.39 is 0 Å². The number of carbonyl (C=O) groups is 1. The maximum absolute atomic E-state index is 12.2. The van der Waals surface area contributed by atoms with Crippen molar-refractivity contribution in [1.82, 2.24) is 29.9 Å². The van der Waals surface area contributed by atoms with E-state index in [1.165, 1.54) is 0 Å². The second-order valence-electron chi connectivity index (χ2n) is 6.57. The minimum atomic E-state index is 0.0986. The van der Waals surface area contributed by atoms with Gasteiger partial charge in [-0.1, -0.05) is 13.8 Å². The van der Waals surface area contributed by atoms with Crippen LogP contribution in [-0.4, -0.2) is 36.5 Å². The smallest absolute Gasteiger partial charge is 0.220 e. The third kappa shape index (κ3) is 3.60. The molecule has 7 nitrogen and oxygen atoms in total. The van der Waals surface area contributed by atoms with E-state index in [4.69, 9.17) is 0 Å². The van der Waals surface area contributed by atoms with Gasteiger partial charge in [-0.2, -0.15) is 5.10 Å². The zero-order valence-electron chi connectivity index (χ0n) is 14.0. The van der Waals surface area contributed by atoms with Crippen LogP contribution in [0.1, 0.15) is 49.8 Å². The molecule has 0 spiro atoms. The number of fused-ring (bicyclic) bond motifs is 1. The van der Waals surface area contributed by atoms with Crippen molar-refractivity contribution in [3.63, 3.8) is 0 Å². The average molecular weight is 316 g/mol. The molecule has 124 valence electrons. The molecule has 0 fully saturated rings. The van der Waals surface area contributed by atoms with E-state index in [1.54, 1.807) is 4.68 Å². The van der Waals surface area contributed by atoms with Crippen molar-refractivity contribution >= 4 is 5.91 Å². The Balaban J connectivity index is 1.54. The maximum Gasteiger partial charge on any atom is 0.220 e. The largest absolute Gasteiger partial charge is 0.352 e. The van der Waals surface area contributed by atoms with E-state index in [1.807, 2.05) is 19.4 Å². The van der Waals surface area contributed by atoms with Crippen LogP contribution in [0, 0.1) is 0 Å². The Morgan fingerprint density at radius 1 is 1.43 bits per heavy atom. The highest BCUT2D eigenvalue weighted by Crippen LogP contribution is 2.20. The Labute approximate surface area is 136 Å². The lowest BCUT2D eigenvalue weighted by Gasteiger charge is -2.26. The lowest BCUT2D eigenvalue weighted by Crippen LogP contribution is -2.41. The number of nitrogens with one attached hydrogen (secondary N) is 1. The van der Waals surface area contributed by atoms with Crippen LogP contribution in [0.5, 0.6) is 0 Å². The fourth-order valence-electron chi connectivity index (χ4n) is 3.05. The number of amides is 1. The number of aromatic nitrogens is 5. The molecule has 2 aromatic rings. The molecule has 1 atom stereocenters. The third-order valence-corrected chi connectivity index (χ3v) is 4.26. The van der Waals surface area contributed by atoms with Crippen molar-refractivity contribution in [2.24, 2.45) is 7.05 Å². The number of hydrogen-bond acceptors (Lipinski definition) is 4. The first-order valence-electron chi connectivity index (χ1n) is 8.21. The zero-order chi connectivity index (χ0) is 16.4. The minimum Gasteiger partial charge on any atom is -0.352 e. The number of aryl methyl sites for hydroxylation is 3. The standard InChI is InChI=1S/C16H24N6O/c1-11(2)16-20-19-14-6-5-13(10-22(14)16)18-15(23)7-4-12-8-17-21(3)9-12/h8-9,11,13H,4-7,10H2,1-3H3,(H,18,23)/t13-/m0/s1. The fourth-order valence-corrected chi connectivity index (χ4v) is 3.05. The van der Waals surface area contributed by atoms with Gasteiger partial charge in [0.1, 0.15) is 11.6 Å². The van der Waals surface area contributed by atoms with E-state index in [2.05, 4.69) is 39.0 Å². The third-order valence-electron chi connectivity index (χ3n) is 4.26. The van der Waals surface area contributed by atoms with Gasteiger partial charge in [0.15, 0.2) is 0 Å². The first-order chi connectivity index (χ1) is 11.0. The summed E-state index contributed by atoms with van der Waals surface area (Å²) in [4.78, 5) is 12.2. The van der Waals surface area contributed by atoms with Gasteiger partial charge < -0.3 is 9.88 Å². The van der Waals surface area contributed by atoms with E-state index in [9.17, 15) is 4.79 Å². The summed E-state index contributed by atoms with van der Waals surface area (Å²) in [7, 11) is 1.88. The molecule has 0 aromatic carbocycles. The Hall–Kier alpha value is -2.18. The lowest BCUT2D eigenvalue weighted by molar-refractivity contribution is -0.122. The SMILES string of the molecule is CC(C)c1nnc2n1C[C@@H](NC(=O)CCc1cnn(C)c1)CC2. The number of hydrogen-bond donors (Lipinski definition) is 1. The van der Waals surface area contributed by atoms with Crippen molar-refractivity contribution in [2.45, 2.75) is 58.0 Å². The molecule has 0 unspecified atom stereocenters. The molecule has 23 heavy (non-hydrogen) atoms. The molecule has 1 aliphatic rings. The molecule has 0 radical (unpaired) electrons. The predicted molar refractivity (Wildman–Crippen MR) is 85.9 cm³/mol. The van der Waals surface area contributed by atoms with Crippen molar-refractivity contribution in [3.05, 3.63) is 29.6 Å². The van der Waals surface area contributed by atoms with Crippen molar-refractivity contribution < 1.29 is 4.79 Å². The summed E-state index contributed by atoms with van der Waals surface area (Å²) in [5, 5.41) is 15.8. The molecule has 1 N–H and O–H groups in total. The Morgan fingerprint density at radius 3 is 2.96 bits per heavy atom. The first kappa shape index (κ1) is 15.7. The van der Waals surface area contributed by atoms with Gasteiger partial charge in [0, 0.05) is 44.6 Å². The Bertz CT molecular complexity index is 687. The van der Waals surface area contributed by atoms with Gasteiger partial charge in [0.25, 0.3) is 0 Å². The summed E-state index contributed by atoms with van der Waals surface area (Å²) in [5.74, 6) is 2.49. The van der Waals surface area contributed by atoms with Crippen molar-refractivity contribution in [1.29, 1.82) is 0 Å². The fraction of sp³-hybridized carbons (Fsp3) is 0.625. The molecule has 1 amide bonds. The summed E-state index contributed by atoms with van der Waals surface area (Å²) >= 11 is 0. The highest BCUT2D eigenvalue weighted by Gasteiger charge is 2.24. The van der Waals surface area contributed by atoms with Gasteiger partial charge in [0.05, 0.1) is 6.20 Å². The summed E-state index contributed by atoms with van der Waals surface area (Å²) in [6, 6.07) is 0.164. The monoisotopic (exact) mass is 316 g/mol. The van der Waals surface area contributed by atoms with Crippen LogP contribution < -0.4 is 5.32 Å². The molecule has 0 aliphatic carbocycles. The predicted octanol–water partition coefficient (Wildman–Crippen LogP) is 1.20. The molecule has 0 bridgehead atoms. The summed E-state index contributed by atoms with van der Waals surface area (Å²) < 4.78 is 3.93.